The number of nitrogens with zero attached hydrogens (tertiary/aromatic N) is 3. The maximum Gasteiger partial charge on any atom is 0.388 e. The lowest BCUT2D eigenvalue weighted by molar-refractivity contribution is -0.385. The van der Waals surface area contributed by atoms with Crippen molar-refractivity contribution in [3.8, 4) is 29.0 Å². The molecule has 0 aliphatic rings. The molecule has 20 nitrogen and oxygen atoms in total. The molecule has 0 aliphatic carbocycles. The van der Waals surface area contributed by atoms with Crippen molar-refractivity contribution in [3.05, 3.63) is 126 Å². The molecule has 5 aromatic rings. The van der Waals surface area contributed by atoms with Gasteiger partial charge in [0.05, 0.1) is 45.8 Å². The standard InChI is InChI=1S/C14H9Cl2NO5.C14H10F4N4O7S.C8H6Cl2O3/c1-21-14(18)10-7-9(3-4-12(10)17(19)20)22-13-5-2-8(15)6-11(13)16;15-11(16)28-8-5-9(29-12(17)18)20-13(19-8)21-14(25)22-30(26,27)7-4-2-1-3-6(7)10(23)24;1-13-7-5(10)3-2-4(9)6(7)8(11)12/h2-7H,1H3;1-5,11-12H,(H,23,24)(H2,19,20,21,22,25);2-3H,1H3,(H,11,12). The fourth-order valence-electron chi connectivity index (χ4n) is 4.57. The number of urea groups is 1. The number of sulfonamides is 1. The molecule has 2 amide bonds. The zero-order chi connectivity index (χ0) is 48.8. The number of nitro groups is 1. The molecule has 29 heteroatoms. The van der Waals surface area contributed by atoms with Gasteiger partial charge in [-0.25, -0.2) is 32.3 Å². The van der Waals surface area contributed by atoms with Gasteiger partial charge in [0.25, 0.3) is 15.7 Å². The number of anilines is 1. The normalized spacial score (nSPS) is 10.6. The third kappa shape index (κ3) is 15.4. The van der Waals surface area contributed by atoms with Crippen LogP contribution in [0.4, 0.5) is 34.0 Å². The number of nitro benzene ring substituents is 1. The molecule has 0 aliphatic heterocycles. The van der Waals surface area contributed by atoms with Gasteiger partial charge in [0, 0.05) is 17.2 Å². The minimum absolute atomic E-state index is 0.0849. The summed E-state index contributed by atoms with van der Waals surface area (Å²) in [7, 11) is -2.24. The number of benzene rings is 4. The average Bonchev–Trinajstić information content (AvgIpc) is 3.21. The molecule has 0 spiro atoms. The number of methoxy groups -OCH3 is 2. The topological polar surface area (TPSA) is 282 Å². The molecule has 5 rings (SSSR count). The second-order valence-electron chi connectivity index (χ2n) is 11.3. The van der Waals surface area contributed by atoms with Gasteiger partial charge in [-0.3, -0.25) is 15.4 Å². The van der Waals surface area contributed by atoms with Crippen LogP contribution in [-0.2, 0) is 14.8 Å². The number of rotatable bonds is 14. The van der Waals surface area contributed by atoms with Crippen LogP contribution < -0.4 is 29.0 Å². The zero-order valence-electron chi connectivity index (χ0n) is 32.1. The second kappa shape index (κ2) is 23.7. The lowest BCUT2D eigenvalue weighted by Crippen LogP contribution is -2.35. The van der Waals surface area contributed by atoms with Crippen molar-refractivity contribution >= 4 is 92.0 Å². The summed E-state index contributed by atoms with van der Waals surface area (Å²) in [6, 6.07) is 14.5. The highest BCUT2D eigenvalue weighted by molar-refractivity contribution is 7.90. The van der Waals surface area contributed by atoms with Gasteiger partial charge >= 0.3 is 37.2 Å². The van der Waals surface area contributed by atoms with Crippen LogP contribution in [0.1, 0.15) is 31.1 Å². The van der Waals surface area contributed by atoms with E-state index in [0.29, 0.717) is 16.8 Å². The summed E-state index contributed by atoms with van der Waals surface area (Å²) in [5.74, 6) is -5.86. The Morgan fingerprint density at radius 2 is 1.37 bits per heavy atom. The van der Waals surface area contributed by atoms with E-state index in [-0.39, 0.29) is 43.4 Å². The highest BCUT2D eigenvalue weighted by Gasteiger charge is 2.26. The number of halogens is 8. The molecule has 0 saturated carbocycles. The first kappa shape index (κ1) is 52.4. The Labute approximate surface area is 381 Å². The summed E-state index contributed by atoms with van der Waals surface area (Å²) in [5.41, 5.74) is -1.35. The molecule has 0 bridgehead atoms. The number of amides is 2. The fraction of sp³-hybridized carbons (Fsp3) is 0.111. The Hall–Kier alpha value is -6.93. The third-order valence-corrected chi connectivity index (χ3v) is 9.66. The highest BCUT2D eigenvalue weighted by Crippen LogP contribution is 2.35. The Balaban J connectivity index is 0.000000280. The van der Waals surface area contributed by atoms with Crippen molar-refractivity contribution in [1.82, 2.24) is 14.7 Å². The summed E-state index contributed by atoms with van der Waals surface area (Å²) >= 11 is 23.1. The summed E-state index contributed by atoms with van der Waals surface area (Å²) in [6.07, 6.45) is 0. The van der Waals surface area contributed by atoms with Gasteiger partial charge in [-0.05, 0) is 48.5 Å². The molecule has 0 fully saturated rings. The Bertz CT molecular complexity index is 2680. The maximum atomic E-state index is 12.3. The first-order valence-electron chi connectivity index (χ1n) is 16.7. The largest absolute Gasteiger partial charge is 0.494 e. The molecule has 4 N–H and O–H groups in total. The van der Waals surface area contributed by atoms with E-state index in [1.165, 1.54) is 54.3 Å². The van der Waals surface area contributed by atoms with E-state index in [9.17, 15) is 55.3 Å². The molecule has 0 radical (unpaired) electrons. The minimum Gasteiger partial charge on any atom is -0.494 e. The highest BCUT2D eigenvalue weighted by atomic mass is 35.5. The minimum atomic E-state index is -4.71. The van der Waals surface area contributed by atoms with Gasteiger partial charge in [0.15, 0.2) is 5.75 Å². The quantitative estimate of drug-likeness (QED) is 0.0349. The van der Waals surface area contributed by atoms with E-state index in [1.807, 2.05) is 0 Å². The molecule has 4 aromatic carbocycles. The fourth-order valence-corrected chi connectivity index (χ4v) is 6.59. The van der Waals surface area contributed by atoms with Gasteiger partial charge < -0.3 is 33.9 Å². The molecule has 346 valence electrons. The van der Waals surface area contributed by atoms with E-state index >= 15 is 0 Å². The van der Waals surface area contributed by atoms with Crippen molar-refractivity contribution in [2.45, 2.75) is 18.1 Å². The summed E-state index contributed by atoms with van der Waals surface area (Å²) in [4.78, 5) is 61.5. The lowest BCUT2D eigenvalue weighted by Gasteiger charge is -2.11. The van der Waals surface area contributed by atoms with Crippen LogP contribution in [0.2, 0.25) is 20.1 Å². The lowest BCUT2D eigenvalue weighted by atomic mass is 10.1. The number of nitrogens with one attached hydrogen (secondary N) is 2. The third-order valence-electron chi connectivity index (χ3n) is 7.13. The number of alkyl halides is 4. The van der Waals surface area contributed by atoms with Crippen LogP contribution in [-0.4, -0.2) is 84.9 Å². The predicted molar refractivity (Wildman–Crippen MR) is 219 cm³/mol. The van der Waals surface area contributed by atoms with Crippen LogP contribution in [0.3, 0.4) is 0 Å². The van der Waals surface area contributed by atoms with Crippen molar-refractivity contribution < 1.29 is 84.0 Å². The zero-order valence-corrected chi connectivity index (χ0v) is 36.0. The molecule has 65 heavy (non-hydrogen) atoms. The van der Waals surface area contributed by atoms with E-state index in [4.69, 9.17) is 66.1 Å². The number of carbonyl (C=O) groups is 4. The van der Waals surface area contributed by atoms with Crippen molar-refractivity contribution in [2.24, 2.45) is 0 Å². The number of aromatic nitrogens is 2. The van der Waals surface area contributed by atoms with E-state index in [2.05, 4.69) is 24.2 Å². The van der Waals surface area contributed by atoms with Crippen LogP contribution in [0, 0.1) is 10.1 Å². The SMILES string of the molecule is COC(=O)c1cc(Oc2ccc(Cl)cc2Cl)ccc1[N+](=O)[O-].COc1c(Cl)ccc(Cl)c1C(=O)O.O=C(Nc1nc(OC(F)F)cc(OC(F)F)n1)NS(=O)(=O)c1ccccc1C(=O)O. The summed E-state index contributed by atoms with van der Waals surface area (Å²) in [6.45, 7) is -6.82. The number of esters is 1. The smallest absolute Gasteiger partial charge is 0.388 e. The molecule has 0 unspecified atom stereocenters. The monoisotopic (exact) mass is 1010 g/mol. The molecule has 0 saturated heterocycles. The van der Waals surface area contributed by atoms with E-state index in [1.54, 1.807) is 17.4 Å². The Kier molecular flexibility index (Phi) is 19.1. The van der Waals surface area contributed by atoms with E-state index in [0.717, 1.165) is 25.3 Å². The number of carbonyl (C=O) groups excluding carboxylic acids is 2. The molecular formula is C36H25Cl4F4N5O15S. The van der Waals surface area contributed by atoms with Gasteiger partial charge in [0.1, 0.15) is 27.5 Å². The van der Waals surface area contributed by atoms with Gasteiger partial charge in [-0.1, -0.05) is 58.5 Å². The first-order valence-corrected chi connectivity index (χ1v) is 19.7. The van der Waals surface area contributed by atoms with Crippen molar-refractivity contribution in [3.63, 3.8) is 0 Å². The Morgan fingerprint density at radius 1 is 0.769 bits per heavy atom. The number of aromatic carboxylic acids is 2. The average molecular weight is 1020 g/mol. The summed E-state index contributed by atoms with van der Waals surface area (Å²) < 4.78 is 97.9. The summed E-state index contributed by atoms with van der Waals surface area (Å²) in [5, 5.41) is 31.5. The van der Waals surface area contributed by atoms with Crippen molar-refractivity contribution in [2.75, 3.05) is 19.5 Å². The predicted octanol–water partition coefficient (Wildman–Crippen LogP) is 9.07. The number of carboxylic acid groups (broad SMARTS) is 2. The molecule has 0 atom stereocenters. The number of carboxylic acids is 2. The number of hydrogen-bond acceptors (Lipinski definition) is 15. The van der Waals surface area contributed by atoms with Crippen LogP contribution in [0.5, 0.6) is 29.0 Å². The first-order chi connectivity index (χ1) is 30.5. The second-order valence-corrected chi connectivity index (χ2v) is 14.6. The van der Waals surface area contributed by atoms with Gasteiger partial charge in [-0.15, -0.1) is 0 Å². The van der Waals surface area contributed by atoms with Crippen molar-refractivity contribution in [1.29, 1.82) is 0 Å². The Morgan fingerprint density at radius 3 is 1.88 bits per heavy atom. The number of ether oxygens (including phenoxy) is 5. The number of hydrogen-bond donors (Lipinski definition) is 4. The van der Waals surface area contributed by atoms with Crippen LogP contribution in [0.15, 0.2) is 83.8 Å². The van der Waals surface area contributed by atoms with Crippen LogP contribution in [0.25, 0.3) is 0 Å². The van der Waals surface area contributed by atoms with Crippen LogP contribution >= 0.6 is 46.4 Å². The molecule has 1 aromatic heterocycles. The molecule has 1 heterocycles. The molecular weight excluding hydrogens is 992 g/mol. The van der Waals surface area contributed by atoms with E-state index < -0.39 is 80.3 Å². The maximum absolute atomic E-state index is 12.3. The van der Waals surface area contributed by atoms with Gasteiger partial charge in [0.2, 0.25) is 17.7 Å². The van der Waals surface area contributed by atoms with Gasteiger partial charge in [-0.2, -0.15) is 27.5 Å².